The van der Waals surface area contributed by atoms with Crippen LogP contribution in [0.15, 0.2) is 18.2 Å². The van der Waals surface area contributed by atoms with Crippen molar-refractivity contribution >= 4 is 11.8 Å². The molecule has 0 fully saturated rings. The Bertz CT molecular complexity index is 430. The lowest BCUT2D eigenvalue weighted by Gasteiger charge is -2.01. The lowest BCUT2D eigenvalue weighted by atomic mass is 10.1. The molecule has 0 radical (unpaired) electrons. The zero-order valence-corrected chi connectivity index (χ0v) is 7.73. The average Bonchev–Trinajstić information content (AvgIpc) is 2.35. The van der Waals surface area contributed by atoms with E-state index in [1.165, 1.54) is 6.07 Å². The van der Waals surface area contributed by atoms with Gasteiger partial charge in [-0.2, -0.15) is 0 Å². The van der Waals surface area contributed by atoms with E-state index in [-0.39, 0.29) is 18.8 Å². The Balaban J connectivity index is 2.45. The SMILES string of the molecule is O=C1NCc2ccc(cc2[N+](=O)[O-])CO1. The number of nitrogens with one attached hydrogen (secondary N) is 1. The van der Waals surface area contributed by atoms with Crippen LogP contribution in [0.4, 0.5) is 10.5 Å². The molecule has 2 bridgehead atoms. The number of alkyl carbamates (subject to hydrolysis) is 1. The van der Waals surface area contributed by atoms with Crippen LogP contribution in [0.2, 0.25) is 0 Å². The van der Waals surface area contributed by atoms with E-state index in [1.54, 1.807) is 12.1 Å². The molecule has 6 nitrogen and oxygen atoms in total. The second-order valence-corrected chi connectivity index (χ2v) is 3.15. The fourth-order valence-electron chi connectivity index (χ4n) is 1.39. The highest BCUT2D eigenvalue weighted by molar-refractivity contribution is 5.68. The summed E-state index contributed by atoms with van der Waals surface area (Å²) in [6.45, 7) is 0.155. The molecule has 1 aromatic carbocycles. The number of fused-ring (bicyclic) bond motifs is 6. The molecule has 1 aromatic rings. The van der Waals surface area contributed by atoms with E-state index >= 15 is 0 Å². The van der Waals surface area contributed by atoms with Crippen molar-refractivity contribution in [1.29, 1.82) is 0 Å². The van der Waals surface area contributed by atoms with Crippen molar-refractivity contribution in [1.82, 2.24) is 5.32 Å². The largest absolute Gasteiger partial charge is 0.445 e. The Hall–Kier alpha value is -2.11. The van der Waals surface area contributed by atoms with Crippen LogP contribution in [0.5, 0.6) is 0 Å². The Morgan fingerprint density at radius 2 is 2.27 bits per heavy atom. The summed E-state index contributed by atoms with van der Waals surface area (Å²) in [7, 11) is 0. The molecule has 2 heterocycles. The molecule has 78 valence electrons. The molecule has 0 spiro atoms. The summed E-state index contributed by atoms with van der Waals surface area (Å²) >= 11 is 0. The number of amides is 1. The first kappa shape index (κ1) is 9.45. The number of hydrogen-bond donors (Lipinski definition) is 1. The molecule has 0 aliphatic carbocycles. The summed E-state index contributed by atoms with van der Waals surface area (Å²) < 4.78 is 4.80. The highest BCUT2D eigenvalue weighted by Gasteiger charge is 2.18. The summed E-state index contributed by atoms with van der Waals surface area (Å²) in [5, 5.41) is 13.1. The number of nitrogens with zero attached hydrogens (tertiary/aromatic N) is 1. The second kappa shape index (κ2) is 3.56. The topological polar surface area (TPSA) is 81.5 Å². The summed E-state index contributed by atoms with van der Waals surface area (Å²) in [5.41, 5.74) is 1.10. The zero-order valence-electron chi connectivity index (χ0n) is 7.73. The van der Waals surface area contributed by atoms with Gasteiger partial charge in [0.25, 0.3) is 5.69 Å². The Morgan fingerprint density at radius 3 is 3.00 bits per heavy atom. The van der Waals surface area contributed by atoms with Crippen LogP contribution in [0.1, 0.15) is 11.1 Å². The molecule has 0 aromatic heterocycles. The van der Waals surface area contributed by atoms with Gasteiger partial charge in [-0.1, -0.05) is 6.07 Å². The van der Waals surface area contributed by atoms with Gasteiger partial charge in [-0.3, -0.25) is 10.1 Å². The maximum Gasteiger partial charge on any atom is 0.407 e. The van der Waals surface area contributed by atoms with E-state index in [1.807, 2.05) is 0 Å². The molecule has 1 amide bonds. The fraction of sp³-hybridized carbons (Fsp3) is 0.222. The standard InChI is InChI=1S/C9H8N2O4/c12-9-10-4-7-2-1-6(5-15-9)3-8(7)11(13)14/h1-3H,4-5H2,(H,10,12). The van der Waals surface area contributed by atoms with Crippen molar-refractivity contribution in [2.24, 2.45) is 0 Å². The lowest BCUT2D eigenvalue weighted by molar-refractivity contribution is -0.385. The molecular formula is C9H8N2O4. The number of nitro groups is 1. The van der Waals surface area contributed by atoms with Crippen molar-refractivity contribution in [3.8, 4) is 0 Å². The van der Waals surface area contributed by atoms with Crippen molar-refractivity contribution in [3.63, 3.8) is 0 Å². The molecule has 0 unspecified atom stereocenters. The van der Waals surface area contributed by atoms with Gasteiger partial charge in [0.2, 0.25) is 0 Å². The minimum atomic E-state index is -0.563. The Kier molecular flexibility index (Phi) is 2.24. The van der Waals surface area contributed by atoms with Crippen molar-refractivity contribution in [3.05, 3.63) is 39.4 Å². The molecule has 15 heavy (non-hydrogen) atoms. The number of ether oxygens (including phenoxy) is 1. The lowest BCUT2D eigenvalue weighted by Crippen LogP contribution is -2.22. The molecule has 2 aliphatic rings. The van der Waals surface area contributed by atoms with Gasteiger partial charge >= 0.3 is 6.09 Å². The van der Waals surface area contributed by atoms with Gasteiger partial charge < -0.3 is 10.1 Å². The normalized spacial score (nSPS) is 14.5. The molecule has 0 saturated carbocycles. The third-order valence-corrected chi connectivity index (χ3v) is 2.14. The number of hydrogen-bond acceptors (Lipinski definition) is 4. The molecule has 3 rings (SSSR count). The van der Waals surface area contributed by atoms with Crippen molar-refractivity contribution < 1.29 is 14.5 Å². The van der Waals surface area contributed by atoms with Gasteiger partial charge in [-0.25, -0.2) is 4.79 Å². The van der Waals surface area contributed by atoms with E-state index in [4.69, 9.17) is 4.74 Å². The molecule has 2 aliphatic heterocycles. The zero-order chi connectivity index (χ0) is 10.8. The van der Waals surface area contributed by atoms with Gasteiger partial charge in [0.1, 0.15) is 6.61 Å². The van der Waals surface area contributed by atoms with E-state index < -0.39 is 11.0 Å². The third kappa shape index (κ3) is 1.88. The van der Waals surface area contributed by atoms with Gasteiger partial charge in [-0.15, -0.1) is 0 Å². The maximum absolute atomic E-state index is 11.0. The average molecular weight is 208 g/mol. The van der Waals surface area contributed by atoms with Crippen molar-refractivity contribution in [2.45, 2.75) is 13.2 Å². The Labute approximate surface area is 85.0 Å². The van der Waals surface area contributed by atoms with Crippen LogP contribution >= 0.6 is 0 Å². The number of rotatable bonds is 1. The molecule has 6 heteroatoms. The van der Waals surface area contributed by atoms with Gasteiger partial charge in [-0.05, 0) is 11.6 Å². The summed E-state index contributed by atoms with van der Waals surface area (Å²) in [6.07, 6.45) is -0.563. The van der Waals surface area contributed by atoms with Crippen LogP contribution in [0, 0.1) is 10.1 Å². The van der Waals surface area contributed by atoms with Crippen LogP contribution in [0.25, 0.3) is 0 Å². The molecule has 0 saturated heterocycles. The van der Waals surface area contributed by atoms with Crippen LogP contribution in [-0.2, 0) is 17.9 Å². The summed E-state index contributed by atoms with van der Waals surface area (Å²) in [6, 6.07) is 4.76. The third-order valence-electron chi connectivity index (χ3n) is 2.14. The Morgan fingerprint density at radius 1 is 1.47 bits per heavy atom. The number of benzene rings is 1. The minimum absolute atomic E-state index is 0.0123. The monoisotopic (exact) mass is 208 g/mol. The predicted molar refractivity (Wildman–Crippen MR) is 50.1 cm³/mol. The molecule has 0 atom stereocenters. The van der Waals surface area contributed by atoms with Crippen LogP contribution in [-0.4, -0.2) is 11.0 Å². The highest BCUT2D eigenvalue weighted by atomic mass is 16.6. The van der Waals surface area contributed by atoms with E-state index in [9.17, 15) is 14.9 Å². The number of carbonyl (C=O) groups is 1. The first-order valence-corrected chi connectivity index (χ1v) is 4.33. The predicted octanol–water partition coefficient (Wildman–Crippen LogP) is 1.33. The van der Waals surface area contributed by atoms with Gasteiger partial charge in [0.15, 0.2) is 0 Å². The van der Waals surface area contributed by atoms with Crippen LogP contribution in [0.3, 0.4) is 0 Å². The first-order chi connectivity index (χ1) is 7.16. The number of carbonyl (C=O) groups excluding carboxylic acids is 1. The summed E-state index contributed by atoms with van der Waals surface area (Å²) in [4.78, 5) is 21.3. The fourth-order valence-corrected chi connectivity index (χ4v) is 1.39. The van der Waals surface area contributed by atoms with E-state index in [2.05, 4.69) is 5.32 Å². The quantitative estimate of drug-likeness (QED) is 0.557. The molecule has 1 N–H and O–H groups in total. The van der Waals surface area contributed by atoms with E-state index in [0.29, 0.717) is 11.1 Å². The molecular weight excluding hydrogens is 200 g/mol. The van der Waals surface area contributed by atoms with Gasteiger partial charge in [0.05, 0.1) is 11.5 Å². The highest BCUT2D eigenvalue weighted by Crippen LogP contribution is 2.21. The van der Waals surface area contributed by atoms with E-state index in [0.717, 1.165) is 0 Å². The minimum Gasteiger partial charge on any atom is -0.445 e. The number of nitro benzene ring substituents is 1. The smallest absolute Gasteiger partial charge is 0.407 e. The van der Waals surface area contributed by atoms with Crippen LogP contribution < -0.4 is 5.32 Å². The van der Waals surface area contributed by atoms with Gasteiger partial charge in [0, 0.05) is 11.6 Å². The maximum atomic E-state index is 11.0. The summed E-state index contributed by atoms with van der Waals surface area (Å²) in [5.74, 6) is 0. The first-order valence-electron chi connectivity index (χ1n) is 4.33. The van der Waals surface area contributed by atoms with Crippen molar-refractivity contribution in [2.75, 3.05) is 0 Å². The second-order valence-electron chi connectivity index (χ2n) is 3.15.